The summed E-state index contributed by atoms with van der Waals surface area (Å²) >= 11 is 6.37. The lowest BCUT2D eigenvalue weighted by Crippen LogP contribution is -2.10. The van der Waals surface area contributed by atoms with Crippen LogP contribution in [-0.2, 0) is 11.3 Å². The fraction of sp³-hybridized carbons (Fsp3) is 0.500. The summed E-state index contributed by atoms with van der Waals surface area (Å²) in [4.78, 5) is 20.8. The summed E-state index contributed by atoms with van der Waals surface area (Å²) in [5.41, 5.74) is 1.48. The second-order valence-electron chi connectivity index (χ2n) is 6.75. The SMILES string of the molecule is CCOC(=O)c1cnn(-c2nc(OC)c3c(n2)c(Cl)nn3CC2CCCC2)c1. The first-order valence-corrected chi connectivity index (χ1v) is 9.68. The molecule has 3 aromatic rings. The molecule has 0 saturated heterocycles. The second-order valence-corrected chi connectivity index (χ2v) is 7.11. The Hall–Kier alpha value is -2.68. The van der Waals surface area contributed by atoms with E-state index in [0.717, 1.165) is 6.54 Å². The summed E-state index contributed by atoms with van der Waals surface area (Å²) in [5, 5.41) is 8.89. The molecule has 0 atom stereocenters. The molecule has 1 aliphatic rings. The largest absolute Gasteiger partial charge is 0.479 e. The molecule has 3 aromatic heterocycles. The molecule has 0 unspecified atom stereocenters. The van der Waals surface area contributed by atoms with E-state index < -0.39 is 5.97 Å². The normalized spacial score (nSPS) is 14.7. The van der Waals surface area contributed by atoms with E-state index in [0.29, 0.717) is 28.4 Å². The number of ether oxygens (including phenoxy) is 2. The molecular formula is C18H21ClN6O3. The Bertz CT molecular complexity index is 1010. The predicted octanol–water partition coefficient (Wildman–Crippen LogP) is 3.04. The van der Waals surface area contributed by atoms with Gasteiger partial charge in [0, 0.05) is 12.7 Å². The van der Waals surface area contributed by atoms with E-state index in [-0.39, 0.29) is 17.7 Å². The number of aromatic nitrogens is 6. The highest BCUT2D eigenvalue weighted by Crippen LogP contribution is 2.32. The molecule has 0 aliphatic heterocycles. The highest BCUT2D eigenvalue weighted by Gasteiger charge is 2.23. The molecule has 1 saturated carbocycles. The van der Waals surface area contributed by atoms with E-state index in [2.05, 4.69) is 20.2 Å². The molecule has 1 aliphatic carbocycles. The van der Waals surface area contributed by atoms with Gasteiger partial charge in [-0.05, 0) is 25.7 Å². The third-order valence-electron chi connectivity index (χ3n) is 4.90. The van der Waals surface area contributed by atoms with Crippen LogP contribution < -0.4 is 4.74 Å². The van der Waals surface area contributed by atoms with Crippen LogP contribution in [0.15, 0.2) is 12.4 Å². The maximum Gasteiger partial charge on any atom is 0.341 e. The quantitative estimate of drug-likeness (QED) is 0.582. The summed E-state index contributed by atoms with van der Waals surface area (Å²) in [6.45, 7) is 2.79. The number of rotatable bonds is 6. The molecule has 0 radical (unpaired) electrons. The van der Waals surface area contributed by atoms with Gasteiger partial charge in [-0.25, -0.2) is 14.5 Å². The number of esters is 1. The Labute approximate surface area is 166 Å². The smallest absolute Gasteiger partial charge is 0.341 e. The Kier molecular flexibility index (Phi) is 5.17. The van der Waals surface area contributed by atoms with E-state index in [1.807, 2.05) is 4.68 Å². The van der Waals surface area contributed by atoms with Gasteiger partial charge in [-0.3, -0.25) is 4.68 Å². The molecule has 0 N–H and O–H groups in total. The molecule has 148 valence electrons. The summed E-state index contributed by atoms with van der Waals surface area (Å²) in [5.74, 6) is 0.721. The number of methoxy groups -OCH3 is 1. The number of halogens is 1. The minimum atomic E-state index is -0.454. The van der Waals surface area contributed by atoms with Crippen LogP contribution in [0.4, 0.5) is 0 Å². The Morgan fingerprint density at radius 3 is 2.82 bits per heavy atom. The van der Waals surface area contributed by atoms with Crippen molar-refractivity contribution < 1.29 is 14.3 Å². The molecule has 28 heavy (non-hydrogen) atoms. The molecule has 0 bridgehead atoms. The van der Waals surface area contributed by atoms with Crippen molar-refractivity contribution >= 4 is 28.6 Å². The monoisotopic (exact) mass is 404 g/mol. The molecule has 9 nitrogen and oxygen atoms in total. The van der Waals surface area contributed by atoms with Crippen molar-refractivity contribution in [3.63, 3.8) is 0 Å². The van der Waals surface area contributed by atoms with Gasteiger partial charge in [0.25, 0.3) is 5.95 Å². The average molecular weight is 405 g/mol. The third-order valence-corrected chi connectivity index (χ3v) is 5.15. The first kappa shape index (κ1) is 18.7. The van der Waals surface area contributed by atoms with Gasteiger partial charge in [0.2, 0.25) is 5.88 Å². The van der Waals surface area contributed by atoms with Gasteiger partial charge in [0.05, 0.1) is 25.5 Å². The molecule has 3 heterocycles. The van der Waals surface area contributed by atoms with E-state index in [4.69, 9.17) is 21.1 Å². The minimum Gasteiger partial charge on any atom is -0.479 e. The van der Waals surface area contributed by atoms with Crippen LogP contribution in [0.3, 0.4) is 0 Å². The van der Waals surface area contributed by atoms with Crippen LogP contribution in [0.2, 0.25) is 5.15 Å². The fourth-order valence-electron chi connectivity index (χ4n) is 3.57. The van der Waals surface area contributed by atoms with E-state index in [1.165, 1.54) is 42.8 Å². The van der Waals surface area contributed by atoms with Crippen molar-refractivity contribution in [3.8, 4) is 11.8 Å². The molecule has 0 aromatic carbocycles. The number of hydrogen-bond donors (Lipinski definition) is 0. The standard InChI is InChI=1S/C18H21ClN6O3/c1-3-28-17(26)12-8-20-25(10-12)18-21-13-14(16(22-18)27-2)24(23-15(13)19)9-11-6-4-5-7-11/h8,10-11H,3-7,9H2,1-2H3. The van der Waals surface area contributed by atoms with Crippen LogP contribution >= 0.6 is 11.6 Å². The number of hydrogen-bond acceptors (Lipinski definition) is 7. The van der Waals surface area contributed by atoms with E-state index >= 15 is 0 Å². The van der Waals surface area contributed by atoms with E-state index in [1.54, 1.807) is 14.0 Å². The first-order chi connectivity index (χ1) is 13.6. The van der Waals surface area contributed by atoms with Gasteiger partial charge in [0.15, 0.2) is 10.7 Å². The van der Waals surface area contributed by atoms with Gasteiger partial charge in [-0.15, -0.1) is 0 Å². The lowest BCUT2D eigenvalue weighted by atomic mass is 10.1. The zero-order valence-electron chi connectivity index (χ0n) is 15.8. The number of carbonyl (C=O) groups excluding carboxylic acids is 1. The summed E-state index contributed by atoms with van der Waals surface area (Å²) in [6, 6.07) is 0. The van der Waals surface area contributed by atoms with E-state index in [9.17, 15) is 4.79 Å². The molecule has 4 rings (SSSR count). The predicted molar refractivity (Wildman–Crippen MR) is 102 cm³/mol. The van der Waals surface area contributed by atoms with Gasteiger partial charge in [-0.2, -0.15) is 15.2 Å². The molecule has 0 amide bonds. The minimum absolute atomic E-state index is 0.238. The average Bonchev–Trinajstić information content (AvgIpc) is 3.43. The topological polar surface area (TPSA) is 96.9 Å². The maximum atomic E-state index is 11.9. The van der Waals surface area contributed by atoms with Crippen LogP contribution in [0.1, 0.15) is 43.0 Å². The second kappa shape index (κ2) is 7.75. The third kappa shape index (κ3) is 3.42. The van der Waals surface area contributed by atoms with Crippen LogP contribution in [0.5, 0.6) is 5.88 Å². The summed E-state index contributed by atoms with van der Waals surface area (Å²) in [7, 11) is 1.54. The van der Waals surface area contributed by atoms with Crippen molar-refractivity contribution in [2.45, 2.75) is 39.2 Å². The Morgan fingerprint density at radius 2 is 2.11 bits per heavy atom. The highest BCUT2D eigenvalue weighted by molar-refractivity contribution is 6.33. The number of fused-ring (bicyclic) bond motifs is 1. The van der Waals surface area contributed by atoms with Gasteiger partial charge in [-0.1, -0.05) is 24.4 Å². The maximum absolute atomic E-state index is 11.9. The lowest BCUT2D eigenvalue weighted by molar-refractivity contribution is 0.0526. The van der Waals surface area contributed by atoms with Crippen molar-refractivity contribution in [1.29, 1.82) is 0 Å². The van der Waals surface area contributed by atoms with Gasteiger partial charge >= 0.3 is 5.97 Å². The van der Waals surface area contributed by atoms with Gasteiger partial charge in [0.1, 0.15) is 5.52 Å². The van der Waals surface area contributed by atoms with Crippen molar-refractivity contribution in [1.82, 2.24) is 29.5 Å². The summed E-state index contributed by atoms with van der Waals surface area (Å²) < 4.78 is 13.7. The van der Waals surface area contributed by atoms with Crippen molar-refractivity contribution in [2.24, 2.45) is 5.92 Å². The number of nitrogens with zero attached hydrogens (tertiary/aromatic N) is 6. The highest BCUT2D eigenvalue weighted by atomic mass is 35.5. The molecule has 10 heteroatoms. The van der Waals surface area contributed by atoms with Crippen LogP contribution in [0.25, 0.3) is 17.0 Å². The van der Waals surface area contributed by atoms with Crippen molar-refractivity contribution in [3.05, 3.63) is 23.1 Å². The Morgan fingerprint density at radius 1 is 1.32 bits per heavy atom. The fourth-order valence-corrected chi connectivity index (χ4v) is 3.79. The van der Waals surface area contributed by atoms with Gasteiger partial charge < -0.3 is 9.47 Å². The van der Waals surface area contributed by atoms with Crippen LogP contribution in [0, 0.1) is 5.92 Å². The lowest BCUT2D eigenvalue weighted by Gasteiger charge is -2.11. The first-order valence-electron chi connectivity index (χ1n) is 9.31. The molecule has 0 spiro atoms. The van der Waals surface area contributed by atoms with Crippen molar-refractivity contribution in [2.75, 3.05) is 13.7 Å². The van der Waals surface area contributed by atoms with Crippen LogP contribution in [-0.4, -0.2) is 49.2 Å². The Balaban J connectivity index is 1.73. The summed E-state index contributed by atoms with van der Waals surface area (Å²) in [6.07, 6.45) is 7.78. The number of carbonyl (C=O) groups is 1. The zero-order valence-corrected chi connectivity index (χ0v) is 16.5. The molecular weight excluding hydrogens is 384 g/mol. The zero-order chi connectivity index (χ0) is 19.7. The molecule has 1 fully saturated rings.